The molecule has 11 heteroatoms. The van der Waals surface area contributed by atoms with Gasteiger partial charge in [0.15, 0.2) is 11.2 Å². The van der Waals surface area contributed by atoms with E-state index in [4.69, 9.17) is 0 Å². The van der Waals surface area contributed by atoms with Crippen LogP contribution in [0.25, 0.3) is 11.2 Å². The average Bonchev–Trinajstić information content (AvgIpc) is 3.31. The van der Waals surface area contributed by atoms with Crippen molar-refractivity contribution in [1.29, 1.82) is 0 Å². The second-order valence-corrected chi connectivity index (χ2v) is 7.04. The lowest BCUT2D eigenvalue weighted by Crippen LogP contribution is -2.37. The van der Waals surface area contributed by atoms with Gasteiger partial charge in [-0.25, -0.2) is 14.6 Å². The SMILES string of the molecule is COC(=O)c1sccc1NC(=O)CCCn1cnc2c1c(=O)n(C)c(=O)n2C. The smallest absolute Gasteiger partial charge is 0.350 e. The molecule has 1 amide bonds. The molecule has 3 aromatic heterocycles. The van der Waals surface area contributed by atoms with E-state index in [1.54, 1.807) is 23.1 Å². The van der Waals surface area contributed by atoms with Crippen LogP contribution in [0.5, 0.6) is 0 Å². The Hall–Kier alpha value is -3.21. The molecule has 0 aliphatic carbocycles. The van der Waals surface area contributed by atoms with Crippen LogP contribution in [0.3, 0.4) is 0 Å². The molecule has 0 unspecified atom stereocenters. The number of methoxy groups -OCH3 is 1. The van der Waals surface area contributed by atoms with Gasteiger partial charge in [-0.3, -0.25) is 18.7 Å². The zero-order valence-electron chi connectivity index (χ0n) is 15.6. The molecule has 0 saturated carbocycles. The number of imidazole rings is 1. The van der Waals surface area contributed by atoms with Gasteiger partial charge in [-0.15, -0.1) is 11.3 Å². The summed E-state index contributed by atoms with van der Waals surface area (Å²) >= 11 is 1.19. The Morgan fingerprint density at radius 1 is 1.25 bits per heavy atom. The number of hydrogen-bond donors (Lipinski definition) is 1. The Bertz CT molecular complexity index is 1170. The number of hydrogen-bond acceptors (Lipinski definition) is 7. The fourth-order valence-electron chi connectivity index (χ4n) is 2.85. The van der Waals surface area contributed by atoms with Gasteiger partial charge in [-0.2, -0.15) is 0 Å². The van der Waals surface area contributed by atoms with Crippen molar-refractivity contribution >= 4 is 40.1 Å². The van der Waals surface area contributed by atoms with Gasteiger partial charge in [0.1, 0.15) is 4.88 Å². The fourth-order valence-corrected chi connectivity index (χ4v) is 3.61. The maximum atomic E-state index is 12.4. The molecule has 0 aliphatic rings. The number of thiophene rings is 1. The number of nitrogens with one attached hydrogen (secondary N) is 1. The summed E-state index contributed by atoms with van der Waals surface area (Å²) in [6.45, 7) is 0.380. The topological polar surface area (TPSA) is 117 Å². The normalized spacial score (nSPS) is 11.0. The van der Waals surface area contributed by atoms with Gasteiger partial charge in [0, 0.05) is 27.1 Å². The predicted molar refractivity (Wildman–Crippen MR) is 104 cm³/mol. The van der Waals surface area contributed by atoms with Crippen LogP contribution in [0.2, 0.25) is 0 Å². The minimum atomic E-state index is -0.503. The van der Waals surface area contributed by atoms with Crippen LogP contribution in [-0.2, 0) is 30.2 Å². The number of carbonyl (C=O) groups is 2. The highest BCUT2D eigenvalue weighted by molar-refractivity contribution is 7.12. The van der Waals surface area contributed by atoms with Gasteiger partial charge in [0.2, 0.25) is 5.91 Å². The summed E-state index contributed by atoms with van der Waals surface area (Å²) in [6.07, 6.45) is 2.11. The number of amides is 1. The maximum absolute atomic E-state index is 12.4. The van der Waals surface area contributed by atoms with Crippen molar-refractivity contribution in [1.82, 2.24) is 18.7 Å². The Kier molecular flexibility index (Phi) is 5.45. The summed E-state index contributed by atoms with van der Waals surface area (Å²) in [6, 6.07) is 1.64. The van der Waals surface area contributed by atoms with Crippen molar-refractivity contribution in [3.05, 3.63) is 43.5 Å². The summed E-state index contributed by atoms with van der Waals surface area (Å²) in [5.41, 5.74) is 0.161. The monoisotopic (exact) mass is 405 g/mol. The molecule has 0 aliphatic heterocycles. The molecule has 148 valence electrons. The first-order valence-electron chi connectivity index (χ1n) is 8.41. The highest BCUT2D eigenvalue weighted by Crippen LogP contribution is 2.23. The van der Waals surface area contributed by atoms with E-state index in [2.05, 4.69) is 15.0 Å². The molecular weight excluding hydrogens is 386 g/mol. The lowest BCUT2D eigenvalue weighted by atomic mass is 10.2. The van der Waals surface area contributed by atoms with E-state index in [0.29, 0.717) is 34.7 Å². The molecule has 10 nitrogen and oxygen atoms in total. The third-order valence-electron chi connectivity index (χ3n) is 4.33. The van der Waals surface area contributed by atoms with E-state index in [9.17, 15) is 19.2 Å². The molecule has 0 atom stereocenters. The first-order valence-corrected chi connectivity index (χ1v) is 9.29. The van der Waals surface area contributed by atoms with Gasteiger partial charge in [0.05, 0.1) is 19.1 Å². The van der Waals surface area contributed by atoms with Crippen LogP contribution in [-0.4, -0.2) is 37.7 Å². The first-order chi connectivity index (χ1) is 13.3. The van der Waals surface area contributed by atoms with Crippen molar-refractivity contribution in [2.45, 2.75) is 19.4 Å². The Balaban J connectivity index is 1.68. The van der Waals surface area contributed by atoms with E-state index in [1.165, 1.54) is 36.4 Å². The number of carbonyl (C=O) groups excluding carboxylic acids is 2. The van der Waals surface area contributed by atoms with E-state index in [-0.39, 0.29) is 12.3 Å². The van der Waals surface area contributed by atoms with E-state index in [0.717, 1.165) is 4.57 Å². The molecule has 0 radical (unpaired) electrons. The summed E-state index contributed by atoms with van der Waals surface area (Å²) in [7, 11) is 4.24. The van der Waals surface area contributed by atoms with Crippen molar-refractivity contribution in [3.63, 3.8) is 0 Å². The Morgan fingerprint density at radius 2 is 2.00 bits per heavy atom. The van der Waals surface area contributed by atoms with Crippen molar-refractivity contribution in [2.75, 3.05) is 12.4 Å². The molecule has 3 aromatic rings. The van der Waals surface area contributed by atoms with Crippen LogP contribution in [0, 0.1) is 0 Å². The molecule has 3 rings (SSSR count). The van der Waals surface area contributed by atoms with Crippen molar-refractivity contribution in [2.24, 2.45) is 14.1 Å². The van der Waals surface area contributed by atoms with Gasteiger partial charge < -0.3 is 14.6 Å². The lowest BCUT2D eigenvalue weighted by Gasteiger charge is -2.08. The lowest BCUT2D eigenvalue weighted by molar-refractivity contribution is -0.116. The number of ether oxygens (including phenoxy) is 1. The highest BCUT2D eigenvalue weighted by Gasteiger charge is 2.16. The number of aromatic nitrogens is 4. The summed E-state index contributed by atoms with van der Waals surface area (Å²) in [4.78, 5) is 52.7. The van der Waals surface area contributed by atoms with Crippen molar-refractivity contribution < 1.29 is 14.3 Å². The summed E-state index contributed by atoms with van der Waals surface area (Å²) < 4.78 is 8.65. The number of nitrogens with zero attached hydrogens (tertiary/aromatic N) is 4. The Labute approximate surface area is 163 Å². The van der Waals surface area contributed by atoms with Gasteiger partial charge >= 0.3 is 11.7 Å². The van der Waals surface area contributed by atoms with Crippen LogP contribution in [0.15, 0.2) is 27.4 Å². The van der Waals surface area contributed by atoms with E-state index >= 15 is 0 Å². The second kappa shape index (κ2) is 7.80. The molecular formula is C17H19N5O5S. The first kappa shape index (κ1) is 19.5. The number of esters is 1. The van der Waals surface area contributed by atoms with Crippen LogP contribution in [0.1, 0.15) is 22.5 Å². The zero-order chi connectivity index (χ0) is 20.4. The number of fused-ring (bicyclic) bond motifs is 1. The molecule has 0 aromatic carbocycles. The molecule has 0 bridgehead atoms. The largest absolute Gasteiger partial charge is 0.465 e. The third-order valence-corrected chi connectivity index (χ3v) is 5.22. The average molecular weight is 405 g/mol. The number of anilines is 1. The molecule has 3 heterocycles. The Morgan fingerprint density at radius 3 is 2.71 bits per heavy atom. The third kappa shape index (κ3) is 3.48. The molecule has 28 heavy (non-hydrogen) atoms. The number of rotatable bonds is 6. The van der Waals surface area contributed by atoms with Crippen LogP contribution < -0.4 is 16.6 Å². The minimum absolute atomic E-state index is 0.183. The summed E-state index contributed by atoms with van der Waals surface area (Å²) in [5, 5.41) is 4.39. The molecule has 0 spiro atoms. The molecule has 1 N–H and O–H groups in total. The molecule has 0 fully saturated rings. The number of aryl methyl sites for hydroxylation is 2. The van der Waals surface area contributed by atoms with Gasteiger partial charge in [0.25, 0.3) is 5.56 Å². The van der Waals surface area contributed by atoms with Crippen molar-refractivity contribution in [3.8, 4) is 0 Å². The minimum Gasteiger partial charge on any atom is -0.465 e. The van der Waals surface area contributed by atoms with E-state index < -0.39 is 17.2 Å². The standard InChI is InChI=1S/C17H19N5O5S/c1-20-14-12(15(24)21(2)17(20)26)22(9-18-14)7-4-5-11(23)19-10-6-8-28-13(10)16(25)27-3/h6,8-9H,4-5,7H2,1-3H3,(H,19,23). The quantitative estimate of drug-likeness (QED) is 0.604. The second-order valence-electron chi connectivity index (χ2n) is 6.12. The predicted octanol–water partition coefficient (Wildman–Crippen LogP) is 0.701. The maximum Gasteiger partial charge on any atom is 0.350 e. The van der Waals surface area contributed by atoms with Crippen LogP contribution in [0.4, 0.5) is 5.69 Å². The van der Waals surface area contributed by atoms with Gasteiger partial charge in [-0.1, -0.05) is 0 Å². The van der Waals surface area contributed by atoms with Crippen LogP contribution >= 0.6 is 11.3 Å². The fraction of sp³-hybridized carbons (Fsp3) is 0.353. The van der Waals surface area contributed by atoms with Gasteiger partial charge in [-0.05, 0) is 17.9 Å². The highest BCUT2D eigenvalue weighted by atomic mass is 32.1. The molecule has 0 saturated heterocycles. The zero-order valence-corrected chi connectivity index (χ0v) is 16.4. The van der Waals surface area contributed by atoms with E-state index in [1.807, 2.05) is 0 Å². The summed E-state index contributed by atoms with van der Waals surface area (Å²) in [5.74, 6) is -0.759.